The third-order valence-corrected chi connectivity index (χ3v) is 4.65. The molecule has 4 heteroatoms. The van der Waals surface area contributed by atoms with E-state index in [0.717, 1.165) is 24.9 Å². The predicted octanol–water partition coefficient (Wildman–Crippen LogP) is 2.38. The van der Waals surface area contributed by atoms with E-state index in [-0.39, 0.29) is 6.04 Å². The van der Waals surface area contributed by atoms with Crippen LogP contribution < -0.4 is 10.6 Å². The molecule has 0 saturated carbocycles. The second kappa shape index (κ2) is 8.08. The van der Waals surface area contributed by atoms with Gasteiger partial charge in [-0.1, -0.05) is 54.6 Å². The zero-order valence-electron chi connectivity index (χ0n) is 13.7. The second-order valence-electron chi connectivity index (χ2n) is 6.37. The lowest BCUT2D eigenvalue weighted by atomic mass is 10.0. The summed E-state index contributed by atoms with van der Waals surface area (Å²) >= 11 is 0. The summed E-state index contributed by atoms with van der Waals surface area (Å²) in [6.07, 6.45) is 2.55. The van der Waals surface area contributed by atoms with E-state index in [1.54, 1.807) is 0 Å². The van der Waals surface area contributed by atoms with Crippen molar-refractivity contribution in [1.29, 1.82) is 0 Å². The SMILES string of the molecule is O=C(O)[C@H](Cc1ccccc1)NC[C@@H]1CCc2ccccc2CN1. The van der Waals surface area contributed by atoms with Gasteiger partial charge < -0.3 is 15.7 Å². The Morgan fingerprint density at radius 3 is 2.58 bits per heavy atom. The summed E-state index contributed by atoms with van der Waals surface area (Å²) < 4.78 is 0. The molecular weight excluding hydrogens is 300 g/mol. The fraction of sp³-hybridized carbons (Fsp3) is 0.350. The molecule has 0 saturated heterocycles. The first-order chi connectivity index (χ1) is 11.7. The van der Waals surface area contributed by atoms with Crippen LogP contribution in [0.25, 0.3) is 0 Å². The van der Waals surface area contributed by atoms with Crippen LogP contribution in [0.2, 0.25) is 0 Å². The number of fused-ring (bicyclic) bond motifs is 1. The summed E-state index contributed by atoms with van der Waals surface area (Å²) in [5.41, 5.74) is 3.78. The molecule has 0 spiro atoms. The van der Waals surface area contributed by atoms with Crippen molar-refractivity contribution in [1.82, 2.24) is 10.6 Å². The monoisotopic (exact) mass is 324 g/mol. The van der Waals surface area contributed by atoms with Gasteiger partial charge in [0.25, 0.3) is 0 Å². The van der Waals surface area contributed by atoms with Crippen LogP contribution in [-0.4, -0.2) is 29.7 Å². The average Bonchev–Trinajstić information content (AvgIpc) is 2.82. The molecule has 3 N–H and O–H groups in total. The molecule has 0 aromatic heterocycles. The first-order valence-electron chi connectivity index (χ1n) is 8.52. The standard InChI is InChI=1S/C20H24N2O2/c23-20(24)19(12-15-6-2-1-3-7-15)22-14-18-11-10-16-8-4-5-9-17(16)13-21-18/h1-9,18-19,21-22H,10-14H2,(H,23,24)/t18-,19-/m0/s1. The van der Waals surface area contributed by atoms with Crippen LogP contribution in [0.3, 0.4) is 0 Å². The molecule has 2 aromatic rings. The Kier molecular flexibility index (Phi) is 5.62. The van der Waals surface area contributed by atoms with Crippen LogP contribution in [0.4, 0.5) is 0 Å². The van der Waals surface area contributed by atoms with E-state index >= 15 is 0 Å². The summed E-state index contributed by atoms with van der Waals surface area (Å²) in [5, 5.41) is 16.2. The van der Waals surface area contributed by atoms with Crippen LogP contribution in [0, 0.1) is 0 Å². The number of hydrogen-bond acceptors (Lipinski definition) is 3. The van der Waals surface area contributed by atoms with Crippen molar-refractivity contribution in [3.8, 4) is 0 Å². The summed E-state index contributed by atoms with van der Waals surface area (Å²) in [6, 6.07) is 18.0. The molecule has 0 unspecified atom stereocenters. The van der Waals surface area contributed by atoms with Crippen molar-refractivity contribution in [2.45, 2.75) is 37.9 Å². The van der Waals surface area contributed by atoms with Crippen molar-refractivity contribution in [2.75, 3.05) is 6.54 Å². The molecule has 1 aliphatic rings. The first kappa shape index (κ1) is 16.7. The Balaban J connectivity index is 1.55. The van der Waals surface area contributed by atoms with Crippen LogP contribution in [0.15, 0.2) is 54.6 Å². The van der Waals surface area contributed by atoms with Crippen LogP contribution in [0.1, 0.15) is 23.1 Å². The number of aryl methyl sites for hydroxylation is 1. The quantitative estimate of drug-likeness (QED) is 0.763. The Morgan fingerprint density at radius 1 is 1.12 bits per heavy atom. The Hall–Kier alpha value is -2.17. The van der Waals surface area contributed by atoms with Gasteiger partial charge in [0.05, 0.1) is 0 Å². The number of carbonyl (C=O) groups is 1. The van der Waals surface area contributed by atoms with Gasteiger partial charge in [0.2, 0.25) is 0 Å². The lowest BCUT2D eigenvalue weighted by Crippen LogP contribution is -2.46. The van der Waals surface area contributed by atoms with Gasteiger partial charge >= 0.3 is 5.97 Å². The van der Waals surface area contributed by atoms with E-state index in [1.165, 1.54) is 11.1 Å². The average molecular weight is 324 g/mol. The topological polar surface area (TPSA) is 61.4 Å². The maximum Gasteiger partial charge on any atom is 0.321 e. The smallest absolute Gasteiger partial charge is 0.321 e. The predicted molar refractivity (Wildman–Crippen MR) is 95.0 cm³/mol. The van der Waals surface area contributed by atoms with Crippen molar-refractivity contribution < 1.29 is 9.90 Å². The van der Waals surface area contributed by atoms with Gasteiger partial charge in [-0.25, -0.2) is 0 Å². The van der Waals surface area contributed by atoms with Crippen molar-refractivity contribution in [3.63, 3.8) is 0 Å². The van der Waals surface area contributed by atoms with Gasteiger partial charge in [0.1, 0.15) is 6.04 Å². The number of carboxylic acids is 1. The number of aliphatic carboxylic acids is 1. The van der Waals surface area contributed by atoms with Gasteiger partial charge in [-0.15, -0.1) is 0 Å². The molecule has 0 fully saturated rings. The third kappa shape index (κ3) is 4.43. The largest absolute Gasteiger partial charge is 0.480 e. The zero-order valence-corrected chi connectivity index (χ0v) is 13.7. The minimum absolute atomic E-state index is 0.287. The summed E-state index contributed by atoms with van der Waals surface area (Å²) in [4.78, 5) is 11.5. The second-order valence-corrected chi connectivity index (χ2v) is 6.37. The molecule has 0 aliphatic carbocycles. The fourth-order valence-corrected chi connectivity index (χ4v) is 3.22. The van der Waals surface area contributed by atoms with Crippen molar-refractivity contribution in [2.24, 2.45) is 0 Å². The highest BCUT2D eigenvalue weighted by Crippen LogP contribution is 2.16. The maximum atomic E-state index is 11.5. The van der Waals surface area contributed by atoms with E-state index in [0.29, 0.717) is 13.0 Å². The lowest BCUT2D eigenvalue weighted by Gasteiger charge is -2.20. The molecular formula is C20H24N2O2. The zero-order chi connectivity index (χ0) is 16.8. The van der Waals surface area contributed by atoms with E-state index in [1.807, 2.05) is 30.3 Å². The highest BCUT2D eigenvalue weighted by Gasteiger charge is 2.20. The number of rotatable bonds is 6. The summed E-state index contributed by atoms with van der Waals surface area (Å²) in [7, 11) is 0. The van der Waals surface area contributed by atoms with Gasteiger partial charge in [0, 0.05) is 19.1 Å². The molecule has 3 rings (SSSR count). The van der Waals surface area contributed by atoms with Crippen LogP contribution in [0.5, 0.6) is 0 Å². The molecule has 24 heavy (non-hydrogen) atoms. The highest BCUT2D eigenvalue weighted by atomic mass is 16.4. The number of benzene rings is 2. The van der Waals surface area contributed by atoms with Crippen LogP contribution in [-0.2, 0) is 24.2 Å². The fourth-order valence-electron chi connectivity index (χ4n) is 3.22. The molecule has 1 heterocycles. The molecule has 1 aliphatic heterocycles. The minimum atomic E-state index is -0.796. The third-order valence-electron chi connectivity index (χ3n) is 4.65. The van der Waals surface area contributed by atoms with Gasteiger partial charge in [-0.05, 0) is 36.0 Å². The molecule has 2 aromatic carbocycles. The Morgan fingerprint density at radius 2 is 1.83 bits per heavy atom. The Bertz CT molecular complexity index is 645. The minimum Gasteiger partial charge on any atom is -0.480 e. The van der Waals surface area contributed by atoms with Crippen molar-refractivity contribution >= 4 is 5.97 Å². The highest BCUT2D eigenvalue weighted by molar-refractivity contribution is 5.73. The van der Waals surface area contributed by atoms with E-state index in [4.69, 9.17) is 0 Å². The molecule has 0 bridgehead atoms. The number of nitrogens with one attached hydrogen (secondary N) is 2. The molecule has 2 atom stereocenters. The van der Waals surface area contributed by atoms with E-state index < -0.39 is 12.0 Å². The number of hydrogen-bond donors (Lipinski definition) is 3. The first-order valence-corrected chi connectivity index (χ1v) is 8.52. The summed E-state index contributed by atoms with van der Waals surface area (Å²) in [5.74, 6) is -0.796. The lowest BCUT2D eigenvalue weighted by molar-refractivity contribution is -0.139. The normalized spacial score (nSPS) is 18.4. The van der Waals surface area contributed by atoms with Crippen LogP contribution >= 0.6 is 0 Å². The van der Waals surface area contributed by atoms with Gasteiger partial charge in [0.15, 0.2) is 0 Å². The van der Waals surface area contributed by atoms with Gasteiger partial charge in [-0.3, -0.25) is 4.79 Å². The molecule has 126 valence electrons. The van der Waals surface area contributed by atoms with Gasteiger partial charge in [-0.2, -0.15) is 0 Å². The molecule has 0 amide bonds. The molecule has 4 nitrogen and oxygen atoms in total. The maximum absolute atomic E-state index is 11.5. The van der Waals surface area contributed by atoms with E-state index in [2.05, 4.69) is 34.9 Å². The molecule has 0 radical (unpaired) electrons. The Labute approximate surface area is 142 Å². The number of carboxylic acid groups (broad SMARTS) is 1. The summed E-state index contributed by atoms with van der Waals surface area (Å²) in [6.45, 7) is 1.51. The van der Waals surface area contributed by atoms with E-state index in [9.17, 15) is 9.90 Å². The van der Waals surface area contributed by atoms with Crippen molar-refractivity contribution in [3.05, 3.63) is 71.3 Å².